The minimum atomic E-state index is -1.08. The molecule has 0 bridgehead atoms. The van der Waals surface area contributed by atoms with Crippen LogP contribution in [0.5, 0.6) is 0 Å². The first-order chi connectivity index (χ1) is 9.23. The second kappa shape index (κ2) is 4.78. The van der Waals surface area contributed by atoms with Crippen LogP contribution in [0.15, 0.2) is 22.7 Å². The van der Waals surface area contributed by atoms with Crippen molar-refractivity contribution in [2.24, 2.45) is 0 Å². The molecule has 0 amide bonds. The first-order valence-corrected chi connectivity index (χ1v) is 6.52. The van der Waals surface area contributed by atoms with Crippen LogP contribution in [0.25, 0.3) is 0 Å². The third-order valence-corrected chi connectivity index (χ3v) is 3.65. The second-order valence-electron chi connectivity index (χ2n) is 5.78. The summed E-state index contributed by atoms with van der Waals surface area (Å²) in [5.41, 5.74) is 4.21. The molecule has 4 nitrogen and oxygen atoms in total. The summed E-state index contributed by atoms with van der Waals surface area (Å²) < 4.78 is 5.25. The zero-order chi connectivity index (χ0) is 15.1. The van der Waals surface area contributed by atoms with Crippen molar-refractivity contribution in [2.45, 2.75) is 40.0 Å². The van der Waals surface area contributed by atoms with Crippen molar-refractivity contribution >= 4 is 5.97 Å². The highest BCUT2D eigenvalue weighted by Gasteiger charge is 2.31. The van der Waals surface area contributed by atoms with E-state index in [9.17, 15) is 4.79 Å². The molecule has 0 atom stereocenters. The number of hydrogen-bond acceptors (Lipinski definition) is 3. The third kappa shape index (κ3) is 2.33. The van der Waals surface area contributed by atoms with Crippen LogP contribution in [-0.2, 0) is 5.41 Å². The number of hydrogen-bond donors (Lipinski definition) is 1. The Kier molecular flexibility index (Phi) is 3.42. The summed E-state index contributed by atoms with van der Waals surface area (Å²) >= 11 is 0. The van der Waals surface area contributed by atoms with Gasteiger partial charge in [-0.1, -0.05) is 22.9 Å². The van der Waals surface area contributed by atoms with Crippen molar-refractivity contribution in [3.05, 3.63) is 51.9 Å². The average molecular weight is 273 g/mol. The Bertz CT molecular complexity index is 645. The van der Waals surface area contributed by atoms with Crippen LogP contribution < -0.4 is 0 Å². The maximum atomic E-state index is 10.9. The molecule has 0 radical (unpaired) electrons. The highest BCUT2D eigenvalue weighted by atomic mass is 16.5. The molecule has 1 N–H and O–H groups in total. The number of benzene rings is 1. The maximum Gasteiger partial charge on any atom is 0.358 e. The molecule has 0 unspecified atom stereocenters. The Morgan fingerprint density at radius 1 is 1.15 bits per heavy atom. The van der Waals surface area contributed by atoms with Gasteiger partial charge in [-0.05, 0) is 51.3 Å². The Labute approximate surface area is 118 Å². The molecule has 1 heterocycles. The summed E-state index contributed by atoms with van der Waals surface area (Å²) in [6.07, 6.45) is 0. The molecular formula is C16H19NO3. The fraction of sp³-hybridized carbons (Fsp3) is 0.375. The van der Waals surface area contributed by atoms with Crippen molar-refractivity contribution in [1.29, 1.82) is 0 Å². The van der Waals surface area contributed by atoms with Crippen LogP contribution in [-0.4, -0.2) is 16.2 Å². The number of carboxylic acid groups (broad SMARTS) is 1. The summed E-state index contributed by atoms with van der Waals surface area (Å²) in [5, 5.41) is 12.6. The van der Waals surface area contributed by atoms with Gasteiger partial charge in [-0.25, -0.2) is 4.79 Å². The summed E-state index contributed by atoms with van der Waals surface area (Å²) in [5.74, 6) is -0.516. The number of aryl methyl sites for hydroxylation is 3. The second-order valence-corrected chi connectivity index (χ2v) is 5.78. The van der Waals surface area contributed by atoms with E-state index in [1.807, 2.05) is 13.8 Å². The van der Waals surface area contributed by atoms with Crippen molar-refractivity contribution < 1.29 is 14.4 Å². The average Bonchev–Trinajstić information content (AvgIpc) is 2.76. The largest absolute Gasteiger partial charge is 0.476 e. The van der Waals surface area contributed by atoms with E-state index in [-0.39, 0.29) is 5.69 Å². The number of aromatic carboxylic acids is 1. The standard InChI is InChI=1S/C16H19NO3/c1-9-6-10(2)14(11(3)7-9)16(4,5)13-8-12(15(18)19)17-20-13/h6-8H,1-5H3,(H,18,19). The molecule has 20 heavy (non-hydrogen) atoms. The van der Waals surface area contributed by atoms with Crippen LogP contribution in [0.1, 0.15) is 52.3 Å². The lowest BCUT2D eigenvalue weighted by Crippen LogP contribution is -2.21. The Hall–Kier alpha value is -2.10. The fourth-order valence-electron chi connectivity index (χ4n) is 2.96. The number of nitrogens with zero attached hydrogens (tertiary/aromatic N) is 1. The molecular weight excluding hydrogens is 254 g/mol. The van der Waals surface area contributed by atoms with Crippen molar-refractivity contribution in [2.75, 3.05) is 0 Å². The predicted molar refractivity (Wildman–Crippen MR) is 76.2 cm³/mol. The van der Waals surface area contributed by atoms with Gasteiger partial charge in [-0.15, -0.1) is 0 Å². The van der Waals surface area contributed by atoms with E-state index in [1.54, 1.807) is 0 Å². The summed E-state index contributed by atoms with van der Waals surface area (Å²) in [4.78, 5) is 10.9. The van der Waals surface area contributed by atoms with Gasteiger partial charge in [0, 0.05) is 6.07 Å². The van der Waals surface area contributed by atoms with Gasteiger partial charge in [0.05, 0.1) is 5.41 Å². The molecule has 0 saturated carbocycles. The van der Waals surface area contributed by atoms with Crippen LogP contribution in [0.2, 0.25) is 0 Å². The van der Waals surface area contributed by atoms with E-state index >= 15 is 0 Å². The van der Waals surface area contributed by atoms with E-state index in [0.29, 0.717) is 5.76 Å². The lowest BCUT2D eigenvalue weighted by atomic mass is 9.77. The number of carbonyl (C=O) groups is 1. The number of rotatable bonds is 3. The Morgan fingerprint density at radius 3 is 2.15 bits per heavy atom. The molecule has 1 aromatic carbocycles. The van der Waals surface area contributed by atoms with Crippen LogP contribution in [0.3, 0.4) is 0 Å². The molecule has 0 saturated heterocycles. The van der Waals surface area contributed by atoms with Crippen molar-refractivity contribution in [3.63, 3.8) is 0 Å². The van der Waals surface area contributed by atoms with Crippen molar-refractivity contribution in [3.8, 4) is 0 Å². The smallest absolute Gasteiger partial charge is 0.358 e. The fourth-order valence-corrected chi connectivity index (χ4v) is 2.96. The topological polar surface area (TPSA) is 63.3 Å². The minimum Gasteiger partial charge on any atom is -0.476 e. The van der Waals surface area contributed by atoms with Gasteiger partial charge < -0.3 is 9.63 Å². The maximum absolute atomic E-state index is 10.9. The van der Waals surface area contributed by atoms with Gasteiger partial charge in [-0.3, -0.25) is 0 Å². The van der Waals surface area contributed by atoms with Crippen LogP contribution in [0, 0.1) is 20.8 Å². The Morgan fingerprint density at radius 2 is 1.70 bits per heavy atom. The number of aromatic nitrogens is 1. The molecule has 4 heteroatoms. The molecule has 2 aromatic rings. The number of carboxylic acids is 1. The van der Waals surface area contributed by atoms with Crippen LogP contribution in [0.4, 0.5) is 0 Å². The van der Waals surface area contributed by atoms with E-state index in [1.165, 1.54) is 22.8 Å². The molecule has 0 aliphatic carbocycles. The summed E-state index contributed by atoms with van der Waals surface area (Å²) in [7, 11) is 0. The van der Waals surface area contributed by atoms with Gasteiger partial charge in [0.15, 0.2) is 5.69 Å². The third-order valence-electron chi connectivity index (χ3n) is 3.65. The lowest BCUT2D eigenvalue weighted by Gasteiger charge is -2.26. The first kappa shape index (κ1) is 14.3. The normalized spacial score (nSPS) is 11.7. The molecule has 106 valence electrons. The molecule has 2 rings (SSSR count). The Balaban J connectivity index is 2.56. The zero-order valence-electron chi connectivity index (χ0n) is 12.4. The monoisotopic (exact) mass is 273 g/mol. The molecule has 0 aliphatic rings. The molecule has 0 aliphatic heterocycles. The quantitative estimate of drug-likeness (QED) is 0.927. The summed E-state index contributed by atoms with van der Waals surface area (Å²) in [6, 6.07) is 5.75. The highest BCUT2D eigenvalue weighted by Crippen LogP contribution is 2.36. The van der Waals surface area contributed by atoms with E-state index in [2.05, 4.69) is 38.1 Å². The van der Waals surface area contributed by atoms with Gasteiger partial charge >= 0.3 is 5.97 Å². The van der Waals surface area contributed by atoms with Crippen LogP contribution >= 0.6 is 0 Å². The highest BCUT2D eigenvalue weighted by molar-refractivity contribution is 5.85. The van der Waals surface area contributed by atoms with Gasteiger partial charge in [0.2, 0.25) is 0 Å². The van der Waals surface area contributed by atoms with Gasteiger partial charge in [0.1, 0.15) is 5.76 Å². The van der Waals surface area contributed by atoms with E-state index < -0.39 is 11.4 Å². The molecule has 0 spiro atoms. The predicted octanol–water partition coefficient (Wildman–Crippen LogP) is 3.62. The molecule has 0 fully saturated rings. The first-order valence-electron chi connectivity index (χ1n) is 6.52. The zero-order valence-corrected chi connectivity index (χ0v) is 12.4. The van der Waals surface area contributed by atoms with Gasteiger partial charge in [-0.2, -0.15) is 0 Å². The molecule has 1 aromatic heterocycles. The van der Waals surface area contributed by atoms with E-state index in [0.717, 1.165) is 5.56 Å². The van der Waals surface area contributed by atoms with Crippen molar-refractivity contribution in [1.82, 2.24) is 5.16 Å². The van der Waals surface area contributed by atoms with Gasteiger partial charge in [0.25, 0.3) is 0 Å². The summed E-state index contributed by atoms with van der Waals surface area (Å²) in [6.45, 7) is 10.2. The SMILES string of the molecule is Cc1cc(C)c(C(C)(C)c2cc(C(=O)O)no2)c(C)c1. The lowest BCUT2D eigenvalue weighted by molar-refractivity contribution is 0.0685. The van der Waals surface area contributed by atoms with E-state index in [4.69, 9.17) is 9.63 Å². The minimum absolute atomic E-state index is 0.0597.